The number of nitrogens with zero attached hydrogens (tertiary/aromatic N) is 6. The number of ether oxygens (including phenoxy) is 2. The molecule has 14 nitrogen and oxygen atoms in total. The normalized spacial score (nSPS) is 18.0. The summed E-state index contributed by atoms with van der Waals surface area (Å²) >= 11 is 7.42. The number of thiocarbonyl (C=S) groups is 1. The predicted octanol–water partition coefficient (Wildman–Crippen LogP) is 8.18. The van der Waals surface area contributed by atoms with Crippen molar-refractivity contribution in [3.05, 3.63) is 135 Å². The Hall–Kier alpha value is -6.51. The molecule has 0 bridgehead atoms. The Kier molecular flexibility index (Phi) is 14.6. The molecule has 2 saturated heterocycles. The number of aromatic nitrogens is 1. The van der Waals surface area contributed by atoms with Crippen LogP contribution in [0.2, 0.25) is 0 Å². The molecule has 8 rings (SSSR count). The first-order chi connectivity index (χ1) is 33.1. The van der Waals surface area contributed by atoms with Crippen LogP contribution in [0.25, 0.3) is 15.3 Å². The van der Waals surface area contributed by atoms with Gasteiger partial charge in [0.1, 0.15) is 30.0 Å². The van der Waals surface area contributed by atoms with E-state index in [0.29, 0.717) is 60.5 Å². The molecule has 4 aromatic carbocycles. The number of thiazole rings is 1. The maximum atomic E-state index is 14.4. The van der Waals surface area contributed by atoms with Crippen LogP contribution >= 0.6 is 23.6 Å². The molecule has 4 amide bonds. The average Bonchev–Trinajstić information content (AvgIpc) is 4.08. The number of fused-ring (bicyclic) bond motifs is 1. The van der Waals surface area contributed by atoms with Gasteiger partial charge in [-0.1, -0.05) is 56.3 Å². The second-order valence-electron chi connectivity index (χ2n) is 18.6. The van der Waals surface area contributed by atoms with Crippen molar-refractivity contribution in [2.45, 2.75) is 97.6 Å². The maximum absolute atomic E-state index is 14.4. The van der Waals surface area contributed by atoms with Gasteiger partial charge in [-0.2, -0.15) is 0 Å². The molecule has 3 aliphatic heterocycles. The van der Waals surface area contributed by atoms with Crippen LogP contribution in [0.5, 0.6) is 5.75 Å². The summed E-state index contributed by atoms with van der Waals surface area (Å²) < 4.78 is 11.9. The number of carbonyl (C=O) groups excluding carboxylic acids is 4. The van der Waals surface area contributed by atoms with Gasteiger partial charge in [0.15, 0.2) is 10.8 Å². The summed E-state index contributed by atoms with van der Waals surface area (Å²) in [6.07, 6.45) is 0.627. The number of hydrogen-bond donors (Lipinski definition) is 2. The number of aryl methyl sites for hydroxylation is 3. The smallest absolute Gasteiger partial charge is 0.259 e. The third-order valence-corrected chi connectivity index (χ3v) is 14.5. The first-order valence-corrected chi connectivity index (χ1v) is 24.5. The van der Waals surface area contributed by atoms with Gasteiger partial charge in [-0.25, -0.2) is 9.83 Å². The van der Waals surface area contributed by atoms with Crippen molar-refractivity contribution in [3.63, 3.8) is 0 Å². The van der Waals surface area contributed by atoms with Crippen molar-refractivity contribution in [1.82, 2.24) is 20.1 Å². The van der Waals surface area contributed by atoms with Gasteiger partial charge >= 0.3 is 0 Å². The second-order valence-corrected chi connectivity index (χ2v) is 19.8. The van der Waals surface area contributed by atoms with E-state index in [9.17, 15) is 24.3 Å². The number of nitrogens with one attached hydrogen (secondary N) is 1. The number of amides is 4. The topological polar surface area (TPSA) is 149 Å². The zero-order valence-electron chi connectivity index (χ0n) is 39.7. The summed E-state index contributed by atoms with van der Waals surface area (Å²) in [5, 5.41) is 14.1. The van der Waals surface area contributed by atoms with E-state index in [1.165, 1.54) is 9.80 Å². The van der Waals surface area contributed by atoms with Crippen LogP contribution in [0.1, 0.15) is 78.8 Å². The summed E-state index contributed by atoms with van der Waals surface area (Å²) in [5.41, 5.74) is 8.95. The monoisotopic (exact) mass is 967 g/mol. The first-order valence-electron chi connectivity index (χ1n) is 23.2. The fourth-order valence-electron chi connectivity index (χ4n) is 9.53. The minimum atomic E-state index is -0.939. The second kappa shape index (κ2) is 20.6. The molecule has 0 spiro atoms. The minimum Gasteiger partial charge on any atom is -0.491 e. The molecular weight excluding hydrogens is 911 g/mol. The summed E-state index contributed by atoms with van der Waals surface area (Å²) in [5.74, 6) is -0.685. The van der Waals surface area contributed by atoms with Gasteiger partial charge in [0.05, 0.1) is 35.4 Å². The molecule has 0 radical (unpaired) electrons. The lowest BCUT2D eigenvalue weighted by Gasteiger charge is -2.35. The van der Waals surface area contributed by atoms with E-state index in [0.717, 1.165) is 44.1 Å². The quantitative estimate of drug-likeness (QED) is 0.0531. The van der Waals surface area contributed by atoms with Gasteiger partial charge < -0.3 is 34.6 Å². The van der Waals surface area contributed by atoms with Crippen LogP contribution in [0.4, 0.5) is 17.1 Å². The zero-order valence-corrected chi connectivity index (χ0v) is 41.4. The third-order valence-electron chi connectivity index (χ3n) is 13.2. The first kappa shape index (κ1) is 48.9. The zero-order chi connectivity index (χ0) is 49.1. The molecule has 0 saturated carbocycles. The molecule has 0 unspecified atom stereocenters. The standard InChI is InChI=1S/C53H57N7O7S2/c1-32(2)46(50(64)57-29-40(61)27-45(57)48(62)55-28-35-13-15-37(16-14-35)47-34(4)56-31-69-47)58-30-43-36(10-8-12-42(43)49(58)63)11-9-23-66-24-25-67-41-20-17-38(18-21-41)60-52(68)59(51(65)53(60,5)6)39-19-22-44(54-7)33(3)26-39/h8,10,12-22,26,31-32,40,45-46,61H,9,11,23-25,27-30H2,1-6H3,(H,55,62)/t40-,45+,46+/m1/s1. The van der Waals surface area contributed by atoms with Crippen LogP contribution < -0.4 is 19.9 Å². The number of benzene rings is 4. The number of aliphatic hydroxyl groups excluding tert-OH is 1. The number of aliphatic hydroxyl groups is 1. The fraction of sp³-hybridized carbons (Fsp3) is 0.377. The van der Waals surface area contributed by atoms with Crippen molar-refractivity contribution in [1.29, 1.82) is 0 Å². The molecule has 358 valence electrons. The van der Waals surface area contributed by atoms with Gasteiger partial charge in [0.25, 0.3) is 11.8 Å². The molecular formula is C53H57N7O7S2. The molecule has 3 atom stereocenters. The Morgan fingerprint density at radius 1 is 1.00 bits per heavy atom. The van der Waals surface area contributed by atoms with Gasteiger partial charge in [-0.15, -0.1) is 11.3 Å². The number of rotatable bonds is 17. The van der Waals surface area contributed by atoms with Crippen molar-refractivity contribution in [2.24, 2.45) is 5.92 Å². The van der Waals surface area contributed by atoms with E-state index in [1.54, 1.807) is 34.4 Å². The Morgan fingerprint density at radius 2 is 1.74 bits per heavy atom. The lowest BCUT2D eigenvalue weighted by Crippen LogP contribution is -2.55. The molecule has 3 aliphatic rings. The van der Waals surface area contributed by atoms with E-state index < -0.39 is 23.7 Å². The number of carbonyl (C=O) groups is 4. The molecule has 69 heavy (non-hydrogen) atoms. The Morgan fingerprint density at radius 3 is 2.42 bits per heavy atom. The highest BCUT2D eigenvalue weighted by Gasteiger charge is 2.50. The molecule has 4 heterocycles. The Balaban J connectivity index is 0.810. The molecule has 16 heteroatoms. The van der Waals surface area contributed by atoms with Crippen molar-refractivity contribution in [2.75, 3.05) is 36.2 Å². The van der Waals surface area contributed by atoms with Crippen molar-refractivity contribution in [3.8, 4) is 16.2 Å². The third kappa shape index (κ3) is 10.0. The summed E-state index contributed by atoms with van der Waals surface area (Å²) in [6.45, 7) is 20.4. The van der Waals surface area contributed by atoms with Crippen molar-refractivity contribution < 1.29 is 33.8 Å². The van der Waals surface area contributed by atoms with Gasteiger partial charge in [0.2, 0.25) is 11.8 Å². The molecule has 1 aromatic heterocycles. The Bertz CT molecular complexity index is 2800. The van der Waals surface area contributed by atoms with E-state index in [1.807, 2.05) is 119 Å². The van der Waals surface area contributed by atoms with E-state index in [-0.39, 0.29) is 55.6 Å². The SMILES string of the molecule is [C-]#[N+]c1ccc(N2C(=O)C(C)(C)N(c3ccc(OCCOCCCc4cccc5c4CN([C@H](C(=O)N4C[C@H](O)C[C@H]4C(=O)NCc4ccc(-c6scnc6C)cc4)C(C)C)C5=O)cc3)C2=S)cc1C. The fourth-order valence-corrected chi connectivity index (χ4v) is 10.9. The summed E-state index contributed by atoms with van der Waals surface area (Å²) in [7, 11) is 0. The largest absolute Gasteiger partial charge is 0.491 e. The highest BCUT2D eigenvalue weighted by atomic mass is 32.1. The summed E-state index contributed by atoms with van der Waals surface area (Å²) in [4.78, 5) is 71.1. The van der Waals surface area contributed by atoms with E-state index in [4.69, 9.17) is 28.3 Å². The van der Waals surface area contributed by atoms with Crippen LogP contribution in [0.15, 0.2) is 90.4 Å². The van der Waals surface area contributed by atoms with Gasteiger partial charge in [-0.3, -0.25) is 24.1 Å². The highest BCUT2D eigenvalue weighted by Crippen LogP contribution is 2.39. The number of anilines is 2. The molecule has 2 N–H and O–H groups in total. The van der Waals surface area contributed by atoms with Crippen molar-refractivity contribution >= 4 is 69.4 Å². The predicted molar refractivity (Wildman–Crippen MR) is 270 cm³/mol. The number of hydrogen-bond acceptors (Lipinski definition) is 10. The maximum Gasteiger partial charge on any atom is 0.259 e. The van der Waals surface area contributed by atoms with E-state index in [2.05, 4.69) is 15.1 Å². The van der Waals surface area contributed by atoms with E-state index >= 15 is 0 Å². The Labute approximate surface area is 412 Å². The molecule has 0 aliphatic carbocycles. The summed E-state index contributed by atoms with van der Waals surface area (Å²) in [6, 6.07) is 24.6. The van der Waals surface area contributed by atoms with Crippen LogP contribution in [-0.4, -0.2) is 98.7 Å². The average molecular weight is 968 g/mol. The highest BCUT2D eigenvalue weighted by molar-refractivity contribution is 7.81. The van der Waals surface area contributed by atoms with Crippen LogP contribution in [-0.2, 0) is 38.6 Å². The van der Waals surface area contributed by atoms with Gasteiger partial charge in [-0.05, 0) is 129 Å². The van der Waals surface area contributed by atoms with Gasteiger partial charge in [0, 0.05) is 49.6 Å². The number of β-amino-alcohol motifs (C(OH)–C–C–N with tert-alkyl or cyclic N) is 1. The van der Waals surface area contributed by atoms with Crippen LogP contribution in [0.3, 0.4) is 0 Å². The lowest BCUT2D eigenvalue weighted by molar-refractivity contribution is -0.143. The molecule has 2 fully saturated rings. The number of likely N-dealkylation sites (tertiary alicyclic amines) is 1. The minimum absolute atomic E-state index is 0.0122. The van der Waals surface area contributed by atoms with Crippen LogP contribution in [0, 0.1) is 26.3 Å². The molecule has 5 aromatic rings. The lowest BCUT2D eigenvalue weighted by atomic mass is 9.99.